The zero-order chi connectivity index (χ0) is 20.5. The lowest BCUT2D eigenvalue weighted by molar-refractivity contribution is -0.173. The number of fused-ring (bicyclic) bond motifs is 1. The van der Waals surface area contributed by atoms with Crippen LogP contribution in [0.1, 0.15) is 59.1 Å². The maximum absolute atomic E-state index is 12.8. The molecule has 0 aliphatic rings. The molecule has 1 amide bonds. The maximum Gasteiger partial charge on any atom is 0.220 e. The normalized spacial score (nSPS) is 13.8. The number of ether oxygens (including phenoxy) is 2. The van der Waals surface area contributed by atoms with Crippen LogP contribution in [0.3, 0.4) is 0 Å². The van der Waals surface area contributed by atoms with E-state index in [1.807, 2.05) is 39.0 Å². The maximum atomic E-state index is 12.8. The summed E-state index contributed by atoms with van der Waals surface area (Å²) in [7, 11) is 0. The third kappa shape index (κ3) is 6.32. The first-order valence-corrected chi connectivity index (χ1v) is 10.5. The first kappa shape index (κ1) is 22.4. The van der Waals surface area contributed by atoms with Crippen molar-refractivity contribution in [3.8, 4) is 0 Å². The molecule has 0 aromatic heterocycles. The zero-order valence-corrected chi connectivity index (χ0v) is 17.9. The molecule has 0 saturated heterocycles. The number of amides is 1. The van der Waals surface area contributed by atoms with Crippen LogP contribution in [-0.2, 0) is 14.3 Å². The van der Waals surface area contributed by atoms with Crippen LogP contribution in [0.25, 0.3) is 10.8 Å². The van der Waals surface area contributed by atoms with Crippen molar-refractivity contribution < 1.29 is 14.3 Å². The van der Waals surface area contributed by atoms with Gasteiger partial charge in [-0.1, -0.05) is 56.3 Å². The van der Waals surface area contributed by atoms with Gasteiger partial charge in [-0.25, -0.2) is 0 Å². The molecule has 0 aliphatic carbocycles. The molecule has 0 bridgehead atoms. The molecule has 2 rings (SSSR count). The summed E-state index contributed by atoms with van der Waals surface area (Å²) in [6, 6.07) is 14.4. The molecule has 0 heterocycles. The van der Waals surface area contributed by atoms with E-state index in [4.69, 9.17) is 9.47 Å². The van der Waals surface area contributed by atoms with Crippen molar-refractivity contribution in [2.45, 2.75) is 59.8 Å². The second-order valence-corrected chi connectivity index (χ2v) is 7.73. The number of carbonyl (C=O) groups is 1. The van der Waals surface area contributed by atoms with Crippen LogP contribution < -0.4 is 5.32 Å². The second kappa shape index (κ2) is 11.2. The van der Waals surface area contributed by atoms with Gasteiger partial charge in [-0.05, 0) is 49.4 Å². The average molecular weight is 386 g/mol. The molecule has 28 heavy (non-hydrogen) atoms. The highest BCUT2D eigenvalue weighted by atomic mass is 16.7. The Morgan fingerprint density at radius 3 is 2.25 bits per heavy atom. The average Bonchev–Trinajstić information content (AvgIpc) is 2.66. The lowest BCUT2D eigenvalue weighted by Crippen LogP contribution is -2.35. The van der Waals surface area contributed by atoms with Crippen LogP contribution >= 0.6 is 0 Å². The van der Waals surface area contributed by atoms with Crippen LogP contribution in [0, 0.1) is 11.8 Å². The molecule has 0 radical (unpaired) electrons. The monoisotopic (exact) mass is 385 g/mol. The molecule has 4 heteroatoms. The number of nitrogens with one attached hydrogen (secondary N) is 1. The molecule has 154 valence electrons. The van der Waals surface area contributed by atoms with Gasteiger partial charge in [-0.2, -0.15) is 0 Å². The molecule has 1 N–H and O–H groups in total. The lowest BCUT2D eigenvalue weighted by Gasteiger charge is -2.28. The van der Waals surface area contributed by atoms with Gasteiger partial charge in [0.15, 0.2) is 6.29 Å². The van der Waals surface area contributed by atoms with Crippen molar-refractivity contribution in [3.05, 3.63) is 48.0 Å². The Bertz CT molecular complexity index is 732. The predicted molar refractivity (Wildman–Crippen MR) is 115 cm³/mol. The molecule has 2 aromatic rings. The molecule has 4 nitrogen and oxygen atoms in total. The molecule has 2 atom stereocenters. The van der Waals surface area contributed by atoms with Crippen LogP contribution in [0.5, 0.6) is 0 Å². The van der Waals surface area contributed by atoms with Crippen LogP contribution in [0.15, 0.2) is 42.5 Å². The van der Waals surface area contributed by atoms with E-state index in [-0.39, 0.29) is 24.2 Å². The number of rotatable bonds is 11. The summed E-state index contributed by atoms with van der Waals surface area (Å²) in [4.78, 5) is 12.8. The van der Waals surface area contributed by atoms with Crippen LogP contribution in [-0.4, -0.2) is 25.4 Å². The van der Waals surface area contributed by atoms with E-state index in [9.17, 15) is 4.79 Å². The molecule has 0 fully saturated rings. The van der Waals surface area contributed by atoms with Crippen molar-refractivity contribution in [2.75, 3.05) is 13.2 Å². The topological polar surface area (TPSA) is 47.6 Å². The fourth-order valence-corrected chi connectivity index (χ4v) is 3.79. The Hall–Kier alpha value is -1.91. The molecule has 2 aromatic carbocycles. The standard InChI is InChI=1S/C24H35NO3/c1-6-27-24(28-7-2)20(15-17(3)4)16-23(26)25-18(5)21-14-10-12-19-11-8-9-13-22(19)21/h8-14,17-18,20,24H,6-7,15-16H2,1-5H3,(H,25,26). The van der Waals surface area contributed by atoms with Gasteiger partial charge in [0.25, 0.3) is 0 Å². The molecule has 0 spiro atoms. The van der Waals surface area contributed by atoms with Crippen molar-refractivity contribution in [1.82, 2.24) is 5.32 Å². The minimum atomic E-state index is -0.337. The number of hydrogen-bond donors (Lipinski definition) is 1. The smallest absolute Gasteiger partial charge is 0.220 e. The van der Waals surface area contributed by atoms with Crippen molar-refractivity contribution in [2.24, 2.45) is 11.8 Å². The Morgan fingerprint density at radius 2 is 1.61 bits per heavy atom. The summed E-state index contributed by atoms with van der Waals surface area (Å²) in [5.41, 5.74) is 1.14. The fourth-order valence-electron chi connectivity index (χ4n) is 3.79. The number of benzene rings is 2. The highest BCUT2D eigenvalue weighted by molar-refractivity contribution is 5.86. The van der Waals surface area contributed by atoms with Gasteiger partial charge in [-0.3, -0.25) is 4.79 Å². The first-order chi connectivity index (χ1) is 13.5. The fraction of sp³-hybridized carbons (Fsp3) is 0.542. The van der Waals surface area contributed by atoms with Crippen molar-refractivity contribution >= 4 is 16.7 Å². The van der Waals surface area contributed by atoms with E-state index in [1.165, 1.54) is 10.8 Å². The first-order valence-electron chi connectivity index (χ1n) is 10.5. The van der Waals surface area contributed by atoms with Gasteiger partial charge in [0.2, 0.25) is 5.91 Å². The summed E-state index contributed by atoms with van der Waals surface area (Å²) >= 11 is 0. The highest BCUT2D eigenvalue weighted by Gasteiger charge is 2.26. The molecular formula is C24H35NO3. The van der Waals surface area contributed by atoms with Gasteiger partial charge < -0.3 is 14.8 Å². The van der Waals surface area contributed by atoms with E-state index in [1.54, 1.807) is 0 Å². The lowest BCUT2D eigenvalue weighted by atomic mass is 9.92. The quantitative estimate of drug-likeness (QED) is 0.522. The predicted octanol–water partition coefficient (Wildman–Crippen LogP) is 5.47. The van der Waals surface area contributed by atoms with E-state index in [0.29, 0.717) is 25.6 Å². The largest absolute Gasteiger partial charge is 0.353 e. The van der Waals surface area contributed by atoms with Gasteiger partial charge in [0, 0.05) is 25.6 Å². The third-order valence-corrected chi connectivity index (χ3v) is 4.94. The van der Waals surface area contributed by atoms with E-state index in [0.717, 1.165) is 12.0 Å². The number of hydrogen-bond acceptors (Lipinski definition) is 3. The summed E-state index contributed by atoms with van der Waals surface area (Å²) < 4.78 is 11.6. The zero-order valence-electron chi connectivity index (χ0n) is 17.9. The molecule has 0 aliphatic heterocycles. The molecule has 2 unspecified atom stereocenters. The van der Waals surface area contributed by atoms with Gasteiger partial charge >= 0.3 is 0 Å². The van der Waals surface area contributed by atoms with E-state index < -0.39 is 0 Å². The Morgan fingerprint density at radius 1 is 0.964 bits per heavy atom. The summed E-state index contributed by atoms with van der Waals surface area (Å²) in [6.45, 7) is 11.4. The molecular weight excluding hydrogens is 350 g/mol. The van der Waals surface area contributed by atoms with Crippen LogP contribution in [0.2, 0.25) is 0 Å². The number of carbonyl (C=O) groups excluding carboxylic acids is 1. The minimum Gasteiger partial charge on any atom is -0.353 e. The molecule has 0 saturated carbocycles. The third-order valence-electron chi connectivity index (χ3n) is 4.94. The summed E-state index contributed by atoms with van der Waals surface area (Å²) in [5.74, 6) is 0.548. The Kier molecular flexibility index (Phi) is 8.94. The summed E-state index contributed by atoms with van der Waals surface area (Å²) in [5, 5.41) is 5.55. The Labute approximate surface area is 169 Å². The van der Waals surface area contributed by atoms with Gasteiger partial charge in [0.1, 0.15) is 0 Å². The minimum absolute atomic E-state index is 0.0375. The highest BCUT2D eigenvalue weighted by Crippen LogP contribution is 2.26. The van der Waals surface area contributed by atoms with Crippen molar-refractivity contribution in [1.29, 1.82) is 0 Å². The summed E-state index contributed by atoms with van der Waals surface area (Å²) in [6.07, 6.45) is 0.953. The SMILES string of the molecule is CCOC(OCC)C(CC(=O)NC(C)c1cccc2ccccc12)CC(C)C. The van der Waals surface area contributed by atoms with Crippen molar-refractivity contribution in [3.63, 3.8) is 0 Å². The van der Waals surface area contributed by atoms with Crippen LogP contribution in [0.4, 0.5) is 0 Å². The van der Waals surface area contributed by atoms with E-state index >= 15 is 0 Å². The Balaban J connectivity index is 2.10. The van der Waals surface area contributed by atoms with Gasteiger partial charge in [0.05, 0.1) is 6.04 Å². The van der Waals surface area contributed by atoms with Gasteiger partial charge in [-0.15, -0.1) is 0 Å². The second-order valence-electron chi connectivity index (χ2n) is 7.73. The van der Waals surface area contributed by atoms with E-state index in [2.05, 4.69) is 43.4 Å².